The molecule has 0 saturated heterocycles. The molecule has 0 saturated carbocycles. The maximum atomic E-state index is 12.9. The van der Waals surface area contributed by atoms with E-state index < -0.39 is 28.6 Å². The molecular weight excluding hydrogens is 429 g/mol. The van der Waals surface area contributed by atoms with Gasteiger partial charge >= 0.3 is 6.18 Å². The highest BCUT2D eigenvalue weighted by Crippen LogP contribution is 2.35. The van der Waals surface area contributed by atoms with Gasteiger partial charge in [0.2, 0.25) is 5.91 Å². The fourth-order valence-corrected chi connectivity index (χ4v) is 3.28. The van der Waals surface area contributed by atoms with Crippen LogP contribution in [0.5, 0.6) is 0 Å². The van der Waals surface area contributed by atoms with E-state index in [-0.39, 0.29) is 16.4 Å². The maximum Gasteiger partial charge on any atom is 0.417 e. The molecule has 0 aliphatic rings. The van der Waals surface area contributed by atoms with Crippen LogP contribution in [0, 0.1) is 0 Å². The zero-order valence-corrected chi connectivity index (χ0v) is 16.0. The van der Waals surface area contributed by atoms with Gasteiger partial charge in [-0.05, 0) is 29.8 Å². The van der Waals surface area contributed by atoms with Gasteiger partial charge in [0.05, 0.1) is 16.3 Å². The minimum Gasteiger partial charge on any atom is -0.364 e. The summed E-state index contributed by atoms with van der Waals surface area (Å²) in [6, 6.07) is 4.87. The van der Waals surface area contributed by atoms with Gasteiger partial charge in [0.1, 0.15) is 5.69 Å². The highest BCUT2D eigenvalue weighted by Gasteiger charge is 2.33. The SMILES string of the molecule is NC(=O)c1cc(-c2csc(NC(=O)/C=C/c3ccc(Cl)c(C(F)(F)F)c3)n2)c[nH]1. The Bertz CT molecular complexity index is 1100. The third kappa shape index (κ3) is 5.04. The summed E-state index contributed by atoms with van der Waals surface area (Å²) < 4.78 is 38.6. The molecule has 0 spiro atoms. The molecule has 0 atom stereocenters. The van der Waals surface area contributed by atoms with E-state index in [1.165, 1.54) is 18.2 Å². The summed E-state index contributed by atoms with van der Waals surface area (Å²) in [6.07, 6.45) is -0.709. The van der Waals surface area contributed by atoms with Crippen molar-refractivity contribution >= 4 is 46.0 Å². The minimum absolute atomic E-state index is 0.169. The van der Waals surface area contributed by atoms with E-state index in [4.69, 9.17) is 17.3 Å². The largest absolute Gasteiger partial charge is 0.417 e. The van der Waals surface area contributed by atoms with Crippen LogP contribution in [0.1, 0.15) is 21.6 Å². The van der Waals surface area contributed by atoms with Crippen molar-refractivity contribution in [1.29, 1.82) is 0 Å². The number of alkyl halides is 3. The van der Waals surface area contributed by atoms with Crippen molar-refractivity contribution in [2.24, 2.45) is 5.73 Å². The third-order valence-electron chi connectivity index (χ3n) is 3.70. The number of benzene rings is 1. The fraction of sp³-hybridized carbons (Fsp3) is 0.0556. The van der Waals surface area contributed by atoms with Crippen LogP contribution in [0.4, 0.5) is 18.3 Å². The molecule has 0 aliphatic heterocycles. The number of hydrogen-bond acceptors (Lipinski definition) is 4. The molecule has 2 aromatic heterocycles. The lowest BCUT2D eigenvalue weighted by Gasteiger charge is -2.09. The maximum absolute atomic E-state index is 12.9. The van der Waals surface area contributed by atoms with Crippen LogP contribution in [0.25, 0.3) is 17.3 Å². The van der Waals surface area contributed by atoms with Crippen LogP contribution in [-0.2, 0) is 11.0 Å². The number of aromatic amines is 1. The van der Waals surface area contributed by atoms with Crippen molar-refractivity contribution in [3.63, 3.8) is 0 Å². The molecule has 0 radical (unpaired) electrons. The Morgan fingerprint density at radius 2 is 2.03 bits per heavy atom. The summed E-state index contributed by atoms with van der Waals surface area (Å²) >= 11 is 6.71. The number of halogens is 4. The number of H-pyrrole nitrogens is 1. The quantitative estimate of drug-likeness (QED) is 0.507. The smallest absolute Gasteiger partial charge is 0.364 e. The highest BCUT2D eigenvalue weighted by atomic mass is 35.5. The summed E-state index contributed by atoms with van der Waals surface area (Å²) in [4.78, 5) is 30.1. The number of anilines is 1. The molecule has 6 nitrogen and oxygen atoms in total. The molecule has 1 aromatic carbocycles. The second-order valence-corrected chi connectivity index (χ2v) is 7.03. The molecule has 3 rings (SSSR count). The van der Waals surface area contributed by atoms with E-state index >= 15 is 0 Å². The van der Waals surface area contributed by atoms with Crippen molar-refractivity contribution in [2.75, 3.05) is 5.32 Å². The molecule has 150 valence electrons. The van der Waals surface area contributed by atoms with E-state index in [0.717, 1.165) is 29.5 Å². The number of thiazole rings is 1. The number of rotatable bonds is 5. The van der Waals surface area contributed by atoms with Gasteiger partial charge in [-0.3, -0.25) is 14.9 Å². The van der Waals surface area contributed by atoms with Gasteiger partial charge in [-0.2, -0.15) is 13.2 Å². The lowest BCUT2D eigenvalue weighted by atomic mass is 10.1. The van der Waals surface area contributed by atoms with Crippen LogP contribution < -0.4 is 11.1 Å². The molecule has 4 N–H and O–H groups in total. The minimum atomic E-state index is -4.59. The summed E-state index contributed by atoms with van der Waals surface area (Å²) in [5, 5.41) is 4.05. The molecule has 2 amide bonds. The Hall–Kier alpha value is -3.11. The van der Waals surface area contributed by atoms with Crippen molar-refractivity contribution in [3.05, 3.63) is 63.8 Å². The number of amides is 2. The topological polar surface area (TPSA) is 101 Å². The average molecular weight is 441 g/mol. The van der Waals surface area contributed by atoms with Crippen LogP contribution in [0.3, 0.4) is 0 Å². The third-order valence-corrected chi connectivity index (χ3v) is 4.79. The Balaban J connectivity index is 1.68. The first kappa shape index (κ1) is 20.6. The van der Waals surface area contributed by atoms with Crippen molar-refractivity contribution in [2.45, 2.75) is 6.18 Å². The first-order valence-corrected chi connectivity index (χ1v) is 9.19. The molecule has 11 heteroatoms. The van der Waals surface area contributed by atoms with Crippen LogP contribution >= 0.6 is 22.9 Å². The van der Waals surface area contributed by atoms with Crippen molar-refractivity contribution in [3.8, 4) is 11.3 Å². The first-order chi connectivity index (χ1) is 13.6. The number of nitrogens with two attached hydrogens (primary N) is 1. The van der Waals surface area contributed by atoms with E-state index in [9.17, 15) is 22.8 Å². The van der Waals surface area contributed by atoms with Gasteiger partial charge in [0, 0.05) is 23.2 Å². The zero-order valence-electron chi connectivity index (χ0n) is 14.4. The summed E-state index contributed by atoms with van der Waals surface area (Å²) in [7, 11) is 0. The Morgan fingerprint density at radius 1 is 1.28 bits per heavy atom. The summed E-state index contributed by atoms with van der Waals surface area (Å²) in [6.45, 7) is 0. The molecule has 3 aromatic rings. The Kier molecular flexibility index (Phi) is 5.76. The number of hydrogen-bond donors (Lipinski definition) is 3. The summed E-state index contributed by atoms with van der Waals surface area (Å²) in [5.74, 6) is -1.18. The summed E-state index contributed by atoms with van der Waals surface area (Å²) in [5.41, 5.74) is 5.73. The molecule has 0 unspecified atom stereocenters. The van der Waals surface area contributed by atoms with E-state index in [0.29, 0.717) is 11.3 Å². The molecule has 0 fully saturated rings. The van der Waals surface area contributed by atoms with Gasteiger partial charge < -0.3 is 10.7 Å². The Labute approximate surface area is 171 Å². The second-order valence-electron chi connectivity index (χ2n) is 5.76. The zero-order chi connectivity index (χ0) is 21.2. The van der Waals surface area contributed by atoms with Crippen LogP contribution in [0.15, 0.2) is 41.9 Å². The Morgan fingerprint density at radius 3 is 2.69 bits per heavy atom. The van der Waals surface area contributed by atoms with E-state index in [2.05, 4.69) is 15.3 Å². The van der Waals surface area contributed by atoms with Gasteiger partial charge in [-0.25, -0.2) is 4.98 Å². The molecule has 0 bridgehead atoms. The number of carbonyl (C=O) groups is 2. The predicted octanol–water partition coefficient (Wildman–Crippen LogP) is 4.56. The number of aromatic nitrogens is 2. The first-order valence-electron chi connectivity index (χ1n) is 7.93. The van der Waals surface area contributed by atoms with Gasteiger partial charge in [-0.1, -0.05) is 17.7 Å². The normalized spacial score (nSPS) is 11.7. The number of carbonyl (C=O) groups excluding carboxylic acids is 2. The van der Waals surface area contributed by atoms with Crippen LogP contribution in [0.2, 0.25) is 5.02 Å². The number of nitrogens with zero attached hydrogens (tertiary/aromatic N) is 1. The van der Waals surface area contributed by atoms with Crippen molar-refractivity contribution in [1.82, 2.24) is 9.97 Å². The predicted molar refractivity (Wildman–Crippen MR) is 105 cm³/mol. The molecule has 29 heavy (non-hydrogen) atoms. The fourth-order valence-electron chi connectivity index (χ4n) is 2.33. The molecule has 2 heterocycles. The van der Waals surface area contributed by atoms with Crippen LogP contribution in [-0.4, -0.2) is 21.8 Å². The van der Waals surface area contributed by atoms with Gasteiger partial charge in [-0.15, -0.1) is 11.3 Å². The lowest BCUT2D eigenvalue weighted by molar-refractivity contribution is -0.137. The van der Waals surface area contributed by atoms with Gasteiger partial charge in [0.15, 0.2) is 5.13 Å². The van der Waals surface area contributed by atoms with Gasteiger partial charge in [0.25, 0.3) is 5.91 Å². The molecular formula is C18H12ClF3N4O2S. The number of nitrogens with one attached hydrogen (secondary N) is 2. The molecule has 0 aliphatic carbocycles. The highest BCUT2D eigenvalue weighted by molar-refractivity contribution is 7.14. The average Bonchev–Trinajstić information content (AvgIpc) is 3.29. The van der Waals surface area contributed by atoms with E-state index in [1.54, 1.807) is 11.6 Å². The monoisotopic (exact) mass is 440 g/mol. The number of primary amides is 1. The van der Waals surface area contributed by atoms with E-state index in [1.807, 2.05) is 0 Å². The lowest BCUT2D eigenvalue weighted by Crippen LogP contribution is -2.10. The second kappa shape index (κ2) is 8.10. The standard InChI is InChI=1S/C18H12ClF3N4O2S/c19-12-3-1-9(5-11(12)18(20,21)22)2-4-15(27)26-17-25-14(8-29-17)10-6-13(16(23)28)24-7-10/h1-8,24H,(H2,23,28)(H,25,26,27)/b4-2+. The van der Waals surface area contributed by atoms with Crippen molar-refractivity contribution < 1.29 is 22.8 Å².